The van der Waals surface area contributed by atoms with Gasteiger partial charge in [0, 0.05) is 36.8 Å². The van der Waals surface area contributed by atoms with Crippen molar-refractivity contribution in [3.63, 3.8) is 0 Å². The molecule has 0 saturated heterocycles. The Morgan fingerprint density at radius 3 is 3.00 bits per heavy atom. The van der Waals surface area contributed by atoms with Crippen LogP contribution in [0.15, 0.2) is 18.7 Å². The number of hydrogen-bond acceptors (Lipinski definition) is 5. The molecular weight excluding hydrogens is 342 g/mol. The van der Waals surface area contributed by atoms with Crippen molar-refractivity contribution in [2.45, 2.75) is 45.6 Å². The van der Waals surface area contributed by atoms with Crippen LogP contribution >= 0.6 is 23.7 Å². The quantitative estimate of drug-likeness (QED) is 0.675. The van der Waals surface area contributed by atoms with Crippen LogP contribution in [0.4, 0.5) is 5.82 Å². The summed E-state index contributed by atoms with van der Waals surface area (Å²) in [6.07, 6.45) is 11.3. The van der Waals surface area contributed by atoms with Gasteiger partial charge in [0.2, 0.25) is 0 Å². The lowest BCUT2D eigenvalue weighted by molar-refractivity contribution is 0.660. The summed E-state index contributed by atoms with van der Waals surface area (Å²) >= 11 is 1.86. The van der Waals surface area contributed by atoms with Crippen LogP contribution in [-0.2, 0) is 25.8 Å². The van der Waals surface area contributed by atoms with E-state index in [1.54, 1.807) is 0 Å². The number of rotatable bonds is 6. The molecule has 0 aromatic carbocycles. The third kappa shape index (κ3) is 3.26. The number of aryl methyl sites for hydroxylation is 4. The fourth-order valence-electron chi connectivity index (χ4n) is 3.21. The Kier molecular flexibility index (Phi) is 5.36. The van der Waals surface area contributed by atoms with Gasteiger partial charge in [-0.1, -0.05) is 6.92 Å². The Hall–Kier alpha value is -1.66. The van der Waals surface area contributed by atoms with E-state index in [1.807, 2.05) is 30.1 Å². The smallest absolute Gasteiger partial charge is 0.138 e. The summed E-state index contributed by atoms with van der Waals surface area (Å²) in [7, 11) is 0. The summed E-state index contributed by atoms with van der Waals surface area (Å²) in [5.74, 6) is 1.98. The van der Waals surface area contributed by atoms with Gasteiger partial charge in [-0.05, 0) is 31.2 Å². The van der Waals surface area contributed by atoms with E-state index in [-0.39, 0.29) is 12.4 Å². The molecule has 0 spiro atoms. The maximum Gasteiger partial charge on any atom is 0.138 e. The lowest BCUT2D eigenvalue weighted by Crippen LogP contribution is -2.09. The Balaban J connectivity index is 0.00000169. The fourth-order valence-corrected chi connectivity index (χ4v) is 4.49. The van der Waals surface area contributed by atoms with Crippen molar-refractivity contribution < 1.29 is 0 Å². The zero-order valence-electron chi connectivity index (χ0n) is 13.8. The maximum absolute atomic E-state index is 4.77. The lowest BCUT2D eigenvalue weighted by Gasteiger charge is -2.10. The maximum atomic E-state index is 4.77. The van der Waals surface area contributed by atoms with Gasteiger partial charge in [-0.2, -0.15) is 0 Å². The minimum atomic E-state index is 0. The predicted octanol–water partition coefficient (Wildman–Crippen LogP) is 3.86. The molecule has 1 aliphatic carbocycles. The molecule has 4 rings (SSSR count). The second kappa shape index (κ2) is 7.49. The molecule has 24 heavy (non-hydrogen) atoms. The summed E-state index contributed by atoms with van der Waals surface area (Å²) in [6.45, 7) is 4.01. The molecule has 5 nitrogen and oxygen atoms in total. The van der Waals surface area contributed by atoms with E-state index in [4.69, 9.17) is 9.97 Å². The summed E-state index contributed by atoms with van der Waals surface area (Å²) < 4.78 is 2.11. The number of nitrogens with zero attached hydrogens (tertiary/aromatic N) is 4. The summed E-state index contributed by atoms with van der Waals surface area (Å²) in [5.41, 5.74) is 1.49. The fraction of sp³-hybridized carbons (Fsp3) is 0.471. The molecule has 1 aliphatic rings. The van der Waals surface area contributed by atoms with Gasteiger partial charge in [-0.15, -0.1) is 23.7 Å². The molecule has 3 aromatic heterocycles. The average Bonchev–Trinajstić information content (AvgIpc) is 3.27. The monoisotopic (exact) mass is 363 g/mol. The van der Waals surface area contributed by atoms with Gasteiger partial charge >= 0.3 is 0 Å². The first-order valence-corrected chi connectivity index (χ1v) is 9.17. The summed E-state index contributed by atoms with van der Waals surface area (Å²) in [5, 5.41) is 4.84. The molecule has 7 heteroatoms. The second-order valence-corrected chi connectivity index (χ2v) is 7.04. The minimum Gasteiger partial charge on any atom is -0.369 e. The summed E-state index contributed by atoms with van der Waals surface area (Å²) in [6, 6.07) is 0. The number of aromatic nitrogens is 4. The van der Waals surface area contributed by atoms with E-state index in [0.29, 0.717) is 0 Å². The molecular formula is C17H22ClN5S. The number of imidazole rings is 1. The summed E-state index contributed by atoms with van der Waals surface area (Å²) in [4.78, 5) is 16.3. The molecule has 0 unspecified atom stereocenters. The molecule has 128 valence electrons. The van der Waals surface area contributed by atoms with Crippen LogP contribution in [0.5, 0.6) is 0 Å². The van der Waals surface area contributed by atoms with Gasteiger partial charge in [-0.25, -0.2) is 15.0 Å². The number of halogens is 1. The van der Waals surface area contributed by atoms with Gasteiger partial charge < -0.3 is 9.88 Å². The first-order valence-electron chi connectivity index (χ1n) is 8.36. The molecule has 0 aliphatic heterocycles. The van der Waals surface area contributed by atoms with Crippen molar-refractivity contribution in [3.05, 3.63) is 35.0 Å². The molecule has 1 N–H and O–H groups in total. The van der Waals surface area contributed by atoms with Crippen LogP contribution in [0.1, 0.15) is 36.0 Å². The highest BCUT2D eigenvalue weighted by molar-refractivity contribution is 7.19. The number of hydrogen-bond donors (Lipinski definition) is 1. The zero-order valence-corrected chi connectivity index (χ0v) is 15.4. The van der Waals surface area contributed by atoms with Crippen molar-refractivity contribution in [1.82, 2.24) is 19.5 Å². The molecule has 0 radical (unpaired) electrons. The highest BCUT2D eigenvalue weighted by Crippen LogP contribution is 2.39. The van der Waals surface area contributed by atoms with Gasteiger partial charge in [0.05, 0.1) is 11.7 Å². The SMILES string of the molecule is CCc1nc(NCCCn2ccnc2)c2c3c(sc2n1)CCC3.Cl. The van der Waals surface area contributed by atoms with Gasteiger partial charge in [-0.3, -0.25) is 0 Å². The van der Waals surface area contributed by atoms with Crippen molar-refractivity contribution in [2.75, 3.05) is 11.9 Å². The molecule has 0 atom stereocenters. The average molecular weight is 364 g/mol. The van der Waals surface area contributed by atoms with Crippen LogP contribution in [0.25, 0.3) is 10.2 Å². The van der Waals surface area contributed by atoms with Crippen LogP contribution in [0.2, 0.25) is 0 Å². The Morgan fingerprint density at radius 2 is 2.21 bits per heavy atom. The minimum absolute atomic E-state index is 0. The second-order valence-electron chi connectivity index (χ2n) is 5.96. The van der Waals surface area contributed by atoms with Crippen LogP contribution in [0, 0.1) is 0 Å². The molecule has 0 saturated carbocycles. The Labute approximate surface area is 152 Å². The first-order chi connectivity index (χ1) is 11.3. The Bertz CT molecular complexity index is 812. The standard InChI is InChI=1S/C17H21N5S.ClH/c1-2-14-20-16(19-7-4-9-22-10-8-18-11-22)15-12-5-3-6-13(12)23-17(15)21-14;/h8,10-11H,2-7,9H2,1H3,(H,19,20,21);1H. The highest BCUT2D eigenvalue weighted by Gasteiger charge is 2.21. The third-order valence-electron chi connectivity index (χ3n) is 4.37. The van der Waals surface area contributed by atoms with Crippen molar-refractivity contribution >= 4 is 39.8 Å². The van der Waals surface area contributed by atoms with Gasteiger partial charge in [0.15, 0.2) is 0 Å². The van der Waals surface area contributed by atoms with Gasteiger partial charge in [0.1, 0.15) is 16.5 Å². The van der Waals surface area contributed by atoms with Crippen molar-refractivity contribution in [2.24, 2.45) is 0 Å². The van der Waals surface area contributed by atoms with E-state index in [0.717, 1.165) is 37.6 Å². The largest absolute Gasteiger partial charge is 0.369 e. The third-order valence-corrected chi connectivity index (χ3v) is 5.56. The van der Waals surface area contributed by atoms with Crippen molar-refractivity contribution in [1.29, 1.82) is 0 Å². The van der Waals surface area contributed by atoms with E-state index in [2.05, 4.69) is 21.8 Å². The molecule has 3 heterocycles. The molecule has 0 fully saturated rings. The van der Waals surface area contributed by atoms with Crippen LogP contribution < -0.4 is 5.32 Å². The number of nitrogens with one attached hydrogen (secondary N) is 1. The molecule has 0 amide bonds. The highest BCUT2D eigenvalue weighted by atomic mass is 35.5. The zero-order chi connectivity index (χ0) is 15.6. The van der Waals surface area contributed by atoms with E-state index < -0.39 is 0 Å². The Morgan fingerprint density at radius 1 is 1.29 bits per heavy atom. The predicted molar refractivity (Wildman–Crippen MR) is 101 cm³/mol. The lowest BCUT2D eigenvalue weighted by atomic mass is 10.2. The topological polar surface area (TPSA) is 55.6 Å². The van der Waals surface area contributed by atoms with E-state index in [1.165, 1.54) is 39.9 Å². The van der Waals surface area contributed by atoms with Gasteiger partial charge in [0.25, 0.3) is 0 Å². The number of anilines is 1. The first kappa shape index (κ1) is 17.2. The van der Waals surface area contributed by atoms with E-state index >= 15 is 0 Å². The molecule has 0 bridgehead atoms. The van der Waals surface area contributed by atoms with Crippen LogP contribution in [0.3, 0.4) is 0 Å². The number of thiophene rings is 1. The van der Waals surface area contributed by atoms with E-state index in [9.17, 15) is 0 Å². The number of fused-ring (bicyclic) bond motifs is 3. The molecule has 3 aromatic rings. The van der Waals surface area contributed by atoms with Crippen LogP contribution in [-0.4, -0.2) is 26.1 Å². The normalized spacial score (nSPS) is 13.0. The van der Waals surface area contributed by atoms with Crippen molar-refractivity contribution in [3.8, 4) is 0 Å².